The van der Waals surface area contributed by atoms with E-state index in [1.165, 1.54) is 0 Å². The monoisotopic (exact) mass is 165 g/mol. The zero-order valence-corrected chi connectivity index (χ0v) is 8.81. The SMILES string of the molecule is C=C/C=C(C)\N=C(/C)C(C)(C)C. The van der Waals surface area contributed by atoms with Crippen LogP contribution in [0.15, 0.2) is 29.4 Å². The molecule has 0 unspecified atom stereocenters. The fourth-order valence-corrected chi connectivity index (χ4v) is 0.640. The van der Waals surface area contributed by atoms with Gasteiger partial charge in [0, 0.05) is 11.4 Å². The molecule has 12 heavy (non-hydrogen) atoms. The third-order valence-electron chi connectivity index (χ3n) is 1.79. The Morgan fingerprint density at radius 3 is 2.08 bits per heavy atom. The van der Waals surface area contributed by atoms with Crippen molar-refractivity contribution in [3.63, 3.8) is 0 Å². The lowest BCUT2D eigenvalue weighted by molar-refractivity contribution is 0.587. The van der Waals surface area contributed by atoms with Crippen LogP contribution in [0.2, 0.25) is 0 Å². The van der Waals surface area contributed by atoms with Crippen LogP contribution < -0.4 is 0 Å². The summed E-state index contributed by atoms with van der Waals surface area (Å²) in [7, 11) is 0. The molecule has 0 spiro atoms. The van der Waals surface area contributed by atoms with Gasteiger partial charge < -0.3 is 0 Å². The Balaban J connectivity index is 4.57. The largest absolute Gasteiger partial charge is 0.262 e. The predicted molar refractivity (Wildman–Crippen MR) is 56.5 cm³/mol. The first-order chi connectivity index (χ1) is 5.38. The third-order valence-corrected chi connectivity index (χ3v) is 1.79. The van der Waals surface area contributed by atoms with Crippen LogP contribution in [0.5, 0.6) is 0 Å². The van der Waals surface area contributed by atoms with Crippen LogP contribution in [0, 0.1) is 5.41 Å². The minimum absolute atomic E-state index is 0.163. The van der Waals surface area contributed by atoms with Crippen molar-refractivity contribution in [3.8, 4) is 0 Å². The zero-order valence-electron chi connectivity index (χ0n) is 8.81. The maximum Gasteiger partial charge on any atom is 0.0371 e. The number of rotatable bonds is 2. The van der Waals surface area contributed by atoms with E-state index in [1.807, 2.05) is 13.0 Å². The van der Waals surface area contributed by atoms with Gasteiger partial charge in [0.05, 0.1) is 0 Å². The fraction of sp³-hybridized carbons (Fsp3) is 0.545. The van der Waals surface area contributed by atoms with E-state index in [-0.39, 0.29) is 5.41 Å². The summed E-state index contributed by atoms with van der Waals surface area (Å²) in [4.78, 5) is 4.44. The molecule has 0 rings (SSSR count). The number of aliphatic imine (C=N–C) groups is 1. The lowest BCUT2D eigenvalue weighted by Gasteiger charge is -2.17. The van der Waals surface area contributed by atoms with Crippen LogP contribution in [0.3, 0.4) is 0 Å². The molecule has 0 atom stereocenters. The van der Waals surface area contributed by atoms with E-state index in [9.17, 15) is 0 Å². The molecule has 0 fully saturated rings. The minimum atomic E-state index is 0.163. The predicted octanol–water partition coefficient (Wildman–Crippen LogP) is 3.58. The molecule has 0 aliphatic rings. The van der Waals surface area contributed by atoms with E-state index < -0.39 is 0 Å². The van der Waals surface area contributed by atoms with Gasteiger partial charge in [0.25, 0.3) is 0 Å². The summed E-state index contributed by atoms with van der Waals surface area (Å²) in [6, 6.07) is 0. The Morgan fingerprint density at radius 2 is 1.75 bits per heavy atom. The molecule has 0 aliphatic carbocycles. The Hall–Kier alpha value is -0.850. The smallest absolute Gasteiger partial charge is 0.0371 e. The quantitative estimate of drug-likeness (QED) is 0.438. The normalized spacial score (nSPS) is 14.8. The topological polar surface area (TPSA) is 12.4 Å². The van der Waals surface area contributed by atoms with Crippen LogP contribution >= 0.6 is 0 Å². The summed E-state index contributed by atoms with van der Waals surface area (Å²) in [5.41, 5.74) is 2.33. The Morgan fingerprint density at radius 1 is 1.25 bits per heavy atom. The van der Waals surface area contributed by atoms with E-state index in [2.05, 4.69) is 39.3 Å². The summed E-state index contributed by atoms with van der Waals surface area (Å²) in [5.74, 6) is 0. The second kappa shape index (κ2) is 4.24. The van der Waals surface area contributed by atoms with Crippen LogP contribution in [0.25, 0.3) is 0 Å². The molecule has 0 N–H and O–H groups in total. The number of nitrogens with zero attached hydrogens (tertiary/aromatic N) is 1. The molecule has 0 amide bonds. The second-order valence-corrected chi connectivity index (χ2v) is 3.99. The van der Waals surface area contributed by atoms with Gasteiger partial charge in [-0.2, -0.15) is 0 Å². The molecule has 0 aromatic carbocycles. The van der Waals surface area contributed by atoms with Gasteiger partial charge in [-0.15, -0.1) is 0 Å². The van der Waals surface area contributed by atoms with Crippen molar-refractivity contribution in [1.29, 1.82) is 0 Å². The van der Waals surface area contributed by atoms with E-state index in [1.54, 1.807) is 6.08 Å². The molecule has 0 radical (unpaired) electrons. The van der Waals surface area contributed by atoms with E-state index in [4.69, 9.17) is 0 Å². The van der Waals surface area contributed by atoms with Gasteiger partial charge in [-0.05, 0) is 25.3 Å². The van der Waals surface area contributed by atoms with Crippen molar-refractivity contribution >= 4 is 5.71 Å². The van der Waals surface area contributed by atoms with Gasteiger partial charge in [0.2, 0.25) is 0 Å². The first-order valence-electron chi connectivity index (χ1n) is 4.23. The lowest BCUT2D eigenvalue weighted by atomic mass is 9.91. The minimum Gasteiger partial charge on any atom is -0.262 e. The van der Waals surface area contributed by atoms with Crippen LogP contribution in [0.1, 0.15) is 34.6 Å². The highest BCUT2D eigenvalue weighted by molar-refractivity contribution is 5.87. The highest BCUT2D eigenvalue weighted by atomic mass is 14.8. The van der Waals surface area contributed by atoms with Gasteiger partial charge in [-0.3, -0.25) is 4.99 Å². The number of allylic oxidation sites excluding steroid dienone is 3. The first kappa shape index (κ1) is 11.2. The van der Waals surface area contributed by atoms with E-state index in [0.717, 1.165) is 11.4 Å². The van der Waals surface area contributed by atoms with Gasteiger partial charge in [-0.25, -0.2) is 0 Å². The molecule has 0 aromatic heterocycles. The standard InChI is InChI=1S/C11H19N/c1-7-8-9(2)12-10(3)11(4,5)6/h7-8H,1H2,2-6H3/b9-8-,12-10+. The van der Waals surface area contributed by atoms with Gasteiger partial charge in [0.15, 0.2) is 0 Å². The van der Waals surface area contributed by atoms with Crippen LogP contribution in [-0.2, 0) is 0 Å². The van der Waals surface area contributed by atoms with Crippen molar-refractivity contribution in [2.75, 3.05) is 0 Å². The molecule has 68 valence electrons. The molecule has 1 heteroatoms. The van der Waals surface area contributed by atoms with Gasteiger partial charge in [0.1, 0.15) is 0 Å². The van der Waals surface area contributed by atoms with Crippen LogP contribution in [-0.4, -0.2) is 5.71 Å². The maximum absolute atomic E-state index is 4.44. The fourth-order valence-electron chi connectivity index (χ4n) is 0.640. The average molecular weight is 165 g/mol. The highest BCUT2D eigenvalue weighted by Crippen LogP contribution is 2.16. The molecular formula is C11H19N. The summed E-state index contributed by atoms with van der Waals surface area (Å²) in [6.45, 7) is 14.1. The van der Waals surface area contributed by atoms with E-state index >= 15 is 0 Å². The van der Waals surface area contributed by atoms with Crippen LogP contribution in [0.4, 0.5) is 0 Å². The lowest BCUT2D eigenvalue weighted by Crippen LogP contribution is -2.16. The Bertz CT molecular complexity index is 214. The molecule has 0 heterocycles. The third kappa shape index (κ3) is 4.12. The molecule has 1 nitrogen and oxygen atoms in total. The Kier molecular flexibility index (Phi) is 3.94. The average Bonchev–Trinajstić information content (AvgIpc) is 1.85. The summed E-state index contributed by atoms with van der Waals surface area (Å²) in [6.07, 6.45) is 3.67. The first-order valence-corrected chi connectivity index (χ1v) is 4.23. The van der Waals surface area contributed by atoms with Crippen molar-refractivity contribution in [1.82, 2.24) is 0 Å². The second-order valence-electron chi connectivity index (χ2n) is 3.99. The van der Waals surface area contributed by atoms with Gasteiger partial charge >= 0.3 is 0 Å². The van der Waals surface area contributed by atoms with Crippen molar-refractivity contribution < 1.29 is 0 Å². The molecular weight excluding hydrogens is 146 g/mol. The Labute approximate surface area is 75.9 Å². The van der Waals surface area contributed by atoms with Gasteiger partial charge in [-0.1, -0.05) is 33.4 Å². The van der Waals surface area contributed by atoms with Crippen molar-refractivity contribution in [2.45, 2.75) is 34.6 Å². The molecule has 0 aromatic rings. The molecule has 0 aliphatic heterocycles. The van der Waals surface area contributed by atoms with Crippen molar-refractivity contribution in [2.24, 2.45) is 10.4 Å². The molecule has 0 bridgehead atoms. The number of hydrogen-bond acceptors (Lipinski definition) is 1. The maximum atomic E-state index is 4.44. The highest BCUT2D eigenvalue weighted by Gasteiger charge is 2.13. The molecule has 0 saturated carbocycles. The zero-order chi connectivity index (χ0) is 9.78. The summed E-state index contributed by atoms with van der Waals surface area (Å²) >= 11 is 0. The van der Waals surface area contributed by atoms with Crippen molar-refractivity contribution in [3.05, 3.63) is 24.4 Å². The van der Waals surface area contributed by atoms with E-state index in [0.29, 0.717) is 0 Å². The number of hydrogen-bond donors (Lipinski definition) is 0. The summed E-state index contributed by atoms with van der Waals surface area (Å²) < 4.78 is 0. The summed E-state index contributed by atoms with van der Waals surface area (Å²) in [5, 5.41) is 0. The molecule has 0 saturated heterocycles.